The van der Waals surface area contributed by atoms with Crippen LogP contribution in [0.2, 0.25) is 0 Å². The van der Waals surface area contributed by atoms with Gasteiger partial charge in [-0.2, -0.15) is 0 Å². The fourth-order valence-corrected chi connectivity index (χ4v) is 3.24. The van der Waals surface area contributed by atoms with Crippen LogP contribution in [-0.4, -0.2) is 28.2 Å². The monoisotopic (exact) mass is 404 g/mol. The average molecular weight is 404 g/mol. The van der Waals surface area contributed by atoms with Gasteiger partial charge in [-0.05, 0) is 18.9 Å². The predicted octanol–water partition coefficient (Wildman–Crippen LogP) is 4.21. The van der Waals surface area contributed by atoms with Crippen molar-refractivity contribution in [3.8, 4) is 5.75 Å². The van der Waals surface area contributed by atoms with Gasteiger partial charge in [-0.3, -0.25) is 19.7 Å². The standard InChI is InChI=1S/C21H28N2O6/c1-4-6-11-22-19-13-16(23(26)27)8-9-18(19)20(14-21(22)25)28-12-10-17(7-5-2)29-15(3)24/h8-9,13-14,17H,4-7,10-12H2,1-3H3. The van der Waals surface area contributed by atoms with Crippen LogP contribution in [0.1, 0.15) is 52.9 Å². The molecule has 158 valence electrons. The van der Waals surface area contributed by atoms with Crippen LogP contribution in [0.5, 0.6) is 5.75 Å². The van der Waals surface area contributed by atoms with E-state index in [1.807, 2.05) is 13.8 Å². The molecule has 2 rings (SSSR count). The maximum Gasteiger partial charge on any atom is 0.302 e. The van der Waals surface area contributed by atoms with Gasteiger partial charge in [0.25, 0.3) is 11.2 Å². The highest BCUT2D eigenvalue weighted by molar-refractivity contribution is 5.87. The number of benzene rings is 1. The molecule has 0 saturated heterocycles. The van der Waals surface area contributed by atoms with Crippen LogP contribution in [0.25, 0.3) is 10.9 Å². The molecule has 8 heteroatoms. The van der Waals surface area contributed by atoms with Crippen molar-refractivity contribution in [2.45, 2.75) is 65.5 Å². The van der Waals surface area contributed by atoms with E-state index in [2.05, 4.69) is 0 Å². The molecular weight excluding hydrogens is 376 g/mol. The second-order valence-corrected chi connectivity index (χ2v) is 6.97. The number of ether oxygens (including phenoxy) is 2. The molecule has 0 bridgehead atoms. The number of hydrogen-bond donors (Lipinski definition) is 0. The van der Waals surface area contributed by atoms with E-state index in [-0.39, 0.29) is 29.9 Å². The smallest absolute Gasteiger partial charge is 0.302 e. The first-order valence-corrected chi connectivity index (χ1v) is 9.99. The molecule has 0 fully saturated rings. The Morgan fingerprint density at radius 3 is 2.59 bits per heavy atom. The summed E-state index contributed by atoms with van der Waals surface area (Å²) in [6, 6.07) is 5.85. The first-order valence-electron chi connectivity index (χ1n) is 9.99. The van der Waals surface area contributed by atoms with E-state index >= 15 is 0 Å². The Balaban J connectivity index is 2.32. The fraction of sp³-hybridized carbons (Fsp3) is 0.524. The minimum absolute atomic E-state index is 0.0721. The number of aryl methyl sites for hydroxylation is 1. The molecule has 0 N–H and O–H groups in total. The lowest BCUT2D eigenvalue weighted by molar-refractivity contribution is -0.384. The molecule has 0 spiro atoms. The Morgan fingerprint density at radius 1 is 1.21 bits per heavy atom. The number of esters is 1. The van der Waals surface area contributed by atoms with Crippen molar-refractivity contribution in [3.63, 3.8) is 0 Å². The number of non-ortho nitro benzene ring substituents is 1. The van der Waals surface area contributed by atoms with E-state index in [1.54, 1.807) is 10.6 Å². The van der Waals surface area contributed by atoms with Gasteiger partial charge in [0.1, 0.15) is 11.9 Å². The predicted molar refractivity (Wildman–Crippen MR) is 110 cm³/mol. The van der Waals surface area contributed by atoms with Gasteiger partial charge in [0.2, 0.25) is 0 Å². The van der Waals surface area contributed by atoms with Crippen LogP contribution in [-0.2, 0) is 16.1 Å². The molecule has 2 aromatic rings. The molecule has 1 atom stereocenters. The third-order valence-electron chi connectivity index (χ3n) is 4.64. The second-order valence-electron chi connectivity index (χ2n) is 6.97. The summed E-state index contributed by atoms with van der Waals surface area (Å²) in [5.41, 5.74) is 0.156. The summed E-state index contributed by atoms with van der Waals surface area (Å²) in [5.74, 6) is 0.0467. The highest BCUT2D eigenvalue weighted by Crippen LogP contribution is 2.28. The number of nitro benzene ring substituents is 1. The number of carbonyl (C=O) groups excluding carboxylic acids is 1. The van der Waals surface area contributed by atoms with E-state index in [4.69, 9.17) is 9.47 Å². The van der Waals surface area contributed by atoms with Crippen molar-refractivity contribution >= 4 is 22.6 Å². The van der Waals surface area contributed by atoms with Crippen molar-refractivity contribution in [2.75, 3.05) is 6.61 Å². The zero-order chi connectivity index (χ0) is 21.4. The minimum Gasteiger partial charge on any atom is -0.493 e. The molecule has 1 aromatic heterocycles. The number of carbonyl (C=O) groups is 1. The lowest BCUT2D eigenvalue weighted by Crippen LogP contribution is -2.22. The molecule has 0 saturated carbocycles. The highest BCUT2D eigenvalue weighted by Gasteiger charge is 2.16. The largest absolute Gasteiger partial charge is 0.493 e. The van der Waals surface area contributed by atoms with E-state index in [0.29, 0.717) is 29.6 Å². The van der Waals surface area contributed by atoms with Gasteiger partial charge in [-0.1, -0.05) is 26.7 Å². The normalized spacial score (nSPS) is 12.0. The van der Waals surface area contributed by atoms with Crippen LogP contribution < -0.4 is 10.3 Å². The van der Waals surface area contributed by atoms with E-state index < -0.39 is 4.92 Å². The Bertz CT molecular complexity index is 921. The maximum absolute atomic E-state index is 12.6. The van der Waals surface area contributed by atoms with Crippen LogP contribution in [0.15, 0.2) is 29.1 Å². The lowest BCUT2D eigenvalue weighted by atomic mass is 10.1. The van der Waals surface area contributed by atoms with Crippen molar-refractivity contribution in [1.82, 2.24) is 4.57 Å². The van der Waals surface area contributed by atoms with Gasteiger partial charge in [0, 0.05) is 43.5 Å². The summed E-state index contributed by atoms with van der Waals surface area (Å²) in [5, 5.41) is 11.8. The number of unbranched alkanes of at least 4 members (excludes halogenated alkanes) is 1. The first kappa shape index (κ1) is 22.4. The fourth-order valence-electron chi connectivity index (χ4n) is 3.24. The van der Waals surface area contributed by atoms with Gasteiger partial charge >= 0.3 is 5.97 Å². The van der Waals surface area contributed by atoms with Crippen molar-refractivity contribution < 1.29 is 19.2 Å². The maximum atomic E-state index is 12.6. The van der Waals surface area contributed by atoms with Crippen molar-refractivity contribution in [3.05, 3.63) is 44.7 Å². The summed E-state index contributed by atoms with van der Waals surface area (Å²) in [4.78, 5) is 34.6. The molecule has 0 amide bonds. The van der Waals surface area contributed by atoms with Crippen LogP contribution >= 0.6 is 0 Å². The van der Waals surface area contributed by atoms with Gasteiger partial charge in [0.05, 0.1) is 17.0 Å². The number of nitro groups is 1. The van der Waals surface area contributed by atoms with E-state index in [1.165, 1.54) is 25.1 Å². The number of fused-ring (bicyclic) bond motifs is 1. The molecule has 1 unspecified atom stereocenters. The topological polar surface area (TPSA) is 101 Å². The summed E-state index contributed by atoms with van der Waals surface area (Å²) in [6.45, 7) is 6.15. The second kappa shape index (κ2) is 10.6. The van der Waals surface area contributed by atoms with Crippen LogP contribution in [0, 0.1) is 10.1 Å². The summed E-state index contributed by atoms with van der Waals surface area (Å²) in [7, 11) is 0. The van der Waals surface area contributed by atoms with E-state index in [9.17, 15) is 19.7 Å². The minimum atomic E-state index is -0.476. The molecule has 0 aliphatic heterocycles. The molecule has 0 radical (unpaired) electrons. The van der Waals surface area contributed by atoms with E-state index in [0.717, 1.165) is 25.7 Å². The van der Waals surface area contributed by atoms with Gasteiger partial charge < -0.3 is 14.0 Å². The SMILES string of the molecule is CCCCn1c(=O)cc(OCCC(CCC)OC(C)=O)c2ccc([N+](=O)[O-])cc21. The quantitative estimate of drug-likeness (QED) is 0.316. The number of pyridine rings is 1. The molecule has 8 nitrogen and oxygen atoms in total. The molecule has 1 aromatic carbocycles. The molecule has 29 heavy (non-hydrogen) atoms. The number of rotatable bonds is 11. The Labute approximate surface area is 169 Å². The average Bonchev–Trinajstić information content (AvgIpc) is 2.66. The highest BCUT2D eigenvalue weighted by atomic mass is 16.6. The summed E-state index contributed by atoms with van der Waals surface area (Å²) < 4.78 is 12.7. The Hall–Kier alpha value is -2.90. The number of hydrogen-bond acceptors (Lipinski definition) is 6. The number of aromatic nitrogens is 1. The molecule has 0 aliphatic carbocycles. The Kier molecular flexibility index (Phi) is 8.18. The Morgan fingerprint density at radius 2 is 1.97 bits per heavy atom. The van der Waals surface area contributed by atoms with Gasteiger partial charge in [-0.15, -0.1) is 0 Å². The first-order chi connectivity index (χ1) is 13.9. The summed E-state index contributed by atoms with van der Waals surface area (Å²) in [6.07, 6.45) is 3.55. The van der Waals surface area contributed by atoms with Crippen molar-refractivity contribution in [2.24, 2.45) is 0 Å². The van der Waals surface area contributed by atoms with Crippen LogP contribution in [0.3, 0.4) is 0 Å². The third-order valence-corrected chi connectivity index (χ3v) is 4.64. The summed E-state index contributed by atoms with van der Waals surface area (Å²) >= 11 is 0. The molecule has 0 aliphatic rings. The lowest BCUT2D eigenvalue weighted by Gasteiger charge is -2.18. The van der Waals surface area contributed by atoms with Gasteiger partial charge in [-0.25, -0.2) is 0 Å². The third kappa shape index (κ3) is 6.04. The molecule has 1 heterocycles. The zero-order valence-electron chi connectivity index (χ0n) is 17.2. The number of nitrogens with zero attached hydrogens (tertiary/aromatic N) is 2. The van der Waals surface area contributed by atoms with Gasteiger partial charge in [0.15, 0.2) is 0 Å². The van der Waals surface area contributed by atoms with Crippen molar-refractivity contribution in [1.29, 1.82) is 0 Å². The molecular formula is C21H28N2O6. The van der Waals surface area contributed by atoms with Crippen LogP contribution in [0.4, 0.5) is 5.69 Å². The zero-order valence-corrected chi connectivity index (χ0v) is 17.2.